The number of ether oxygens (including phenoxy) is 5. The standard InChI is InChI=1S/C34H53N3O13/c1-35-11-12-46-20-7-5-18(6-8-20)22-13-21(38)25-23(47-22)14-24(28(26(25)39)50-33(44)9-3-2-4-10-33)48-32-27(40)29(41)34(45,30(49-32)31(42)43)15-19-16-36-17-37-19/h16-18,20-30,32,35,38-41,44-45H,2-15H2,1H3/p+2/t18?,20?,21?,22?,23?,24?,25?,26?,27-,28?,29+,30-,32+,34+/m1/s1. The zero-order valence-corrected chi connectivity index (χ0v) is 28.6. The Kier molecular flexibility index (Phi) is 12.3. The van der Waals surface area contributed by atoms with Crippen LogP contribution >= 0.6 is 0 Å². The molecule has 0 aromatic carbocycles. The minimum Gasteiger partial charge on any atom is -0.547 e. The summed E-state index contributed by atoms with van der Waals surface area (Å²) in [7, 11) is 2.01. The van der Waals surface area contributed by atoms with Crippen molar-refractivity contribution in [3.8, 4) is 0 Å². The zero-order chi connectivity index (χ0) is 35.6. The van der Waals surface area contributed by atoms with E-state index in [0.717, 1.165) is 38.6 Å². The third-order valence-corrected chi connectivity index (χ3v) is 11.7. The lowest BCUT2D eigenvalue weighted by molar-refractivity contribution is -0.629. The molecule has 0 aromatic heterocycles. The van der Waals surface area contributed by atoms with Crippen LogP contribution < -0.4 is 10.4 Å². The van der Waals surface area contributed by atoms with Gasteiger partial charge < -0.3 is 69.5 Å². The predicted octanol–water partition coefficient (Wildman–Crippen LogP) is -2.98. The maximum absolute atomic E-state index is 12.3. The number of quaternary nitrogens is 1. The van der Waals surface area contributed by atoms with E-state index in [0.29, 0.717) is 38.7 Å². The molecule has 7 unspecified atom stereocenters. The summed E-state index contributed by atoms with van der Waals surface area (Å²) in [5.41, 5.74) is -2.54. The molecular formula is C34H55N3O13+2. The number of carbonyl (C=O) groups is 1. The Bertz CT molecular complexity index is 1150. The minimum absolute atomic E-state index is 0.0913. The number of nitrogens with two attached hydrogens (primary N) is 1. The average Bonchev–Trinajstić information content (AvgIpc) is 3.60. The first-order valence-corrected chi connectivity index (χ1v) is 18.3. The van der Waals surface area contributed by atoms with Gasteiger partial charge in [-0.25, -0.2) is 0 Å². The van der Waals surface area contributed by atoms with Gasteiger partial charge in [-0.15, -0.1) is 0 Å². The number of carboxylic acid groups (broad SMARTS) is 1. The van der Waals surface area contributed by atoms with E-state index in [4.69, 9.17) is 23.7 Å². The fourth-order valence-electron chi connectivity index (χ4n) is 8.93. The lowest BCUT2D eigenvalue weighted by atomic mass is 9.71. The average molecular weight is 714 g/mol. The summed E-state index contributed by atoms with van der Waals surface area (Å²) in [5, 5.41) is 86.7. The Hall–Kier alpha value is -1.64. The lowest BCUT2D eigenvalue weighted by Crippen LogP contribution is -2.80. The van der Waals surface area contributed by atoms with Crippen LogP contribution in [0, 0.1) is 24.5 Å². The zero-order valence-electron chi connectivity index (χ0n) is 28.6. The van der Waals surface area contributed by atoms with Crippen LogP contribution in [0.15, 0.2) is 4.99 Å². The van der Waals surface area contributed by atoms with Crippen LogP contribution in [-0.4, -0.2) is 146 Å². The molecule has 0 bridgehead atoms. The quantitative estimate of drug-likeness (QED) is 0.0463. The van der Waals surface area contributed by atoms with E-state index in [1.54, 1.807) is 0 Å². The first kappa shape index (κ1) is 38.1. The number of hydrogen-bond donors (Lipinski definition) is 7. The monoisotopic (exact) mass is 713 g/mol. The summed E-state index contributed by atoms with van der Waals surface area (Å²) < 4.78 is 29.2. The highest BCUT2D eigenvalue weighted by Gasteiger charge is 2.62. The highest BCUT2D eigenvalue weighted by molar-refractivity contribution is 5.82. The molecule has 3 heterocycles. The van der Waals surface area contributed by atoms with Crippen molar-refractivity contribution in [2.45, 2.75) is 156 Å². The second-order valence-electron chi connectivity index (χ2n) is 15.1. The van der Waals surface area contributed by atoms with Gasteiger partial charge in [0, 0.05) is 31.6 Å². The van der Waals surface area contributed by atoms with E-state index in [9.17, 15) is 40.5 Å². The second kappa shape index (κ2) is 16.2. The van der Waals surface area contributed by atoms with Crippen LogP contribution in [0.4, 0.5) is 0 Å². The summed E-state index contributed by atoms with van der Waals surface area (Å²) in [6.45, 7) is 2.79. The minimum atomic E-state index is -2.54. The van der Waals surface area contributed by atoms with E-state index in [1.165, 1.54) is 12.9 Å². The topological polar surface area (TPSA) is 254 Å². The first-order chi connectivity index (χ1) is 23.9. The molecule has 2 saturated heterocycles. The van der Waals surface area contributed by atoms with E-state index >= 15 is 0 Å². The Morgan fingerprint density at radius 2 is 1.84 bits per heavy atom. The Morgan fingerprint density at radius 1 is 1.10 bits per heavy atom. The van der Waals surface area contributed by atoms with Gasteiger partial charge in [0.1, 0.15) is 30.8 Å². The number of aliphatic imine (C=N–C) groups is 1. The van der Waals surface area contributed by atoms with Crippen molar-refractivity contribution < 1.29 is 69.5 Å². The van der Waals surface area contributed by atoms with Gasteiger partial charge in [-0.3, -0.25) is 5.32 Å². The molecule has 50 heavy (non-hydrogen) atoms. The van der Waals surface area contributed by atoms with Gasteiger partial charge in [-0.2, -0.15) is 0 Å². The van der Waals surface area contributed by atoms with Crippen molar-refractivity contribution in [3.05, 3.63) is 18.0 Å². The fourth-order valence-corrected chi connectivity index (χ4v) is 8.93. The number of carbonyl (C=O) groups excluding carboxylic acids is 1. The first-order valence-electron chi connectivity index (χ1n) is 18.3. The Labute approximate surface area is 292 Å². The van der Waals surface area contributed by atoms with Crippen molar-refractivity contribution in [2.75, 3.05) is 20.2 Å². The largest absolute Gasteiger partial charge is 0.547 e. The number of fused-ring (bicyclic) bond motifs is 1. The number of aliphatic hydroxyl groups is 8. The van der Waals surface area contributed by atoms with Crippen LogP contribution in [0.2, 0.25) is 0 Å². The number of hydrogen-bond acceptors (Lipinski definition) is 13. The van der Waals surface area contributed by atoms with Crippen LogP contribution in [0.3, 0.4) is 0 Å². The maximum atomic E-state index is 12.3. The number of aliphatic carboxylic acids is 1. The fraction of sp³-hybridized carbons (Fsp3) is 0.882. The van der Waals surface area contributed by atoms with E-state index in [1.807, 2.05) is 7.05 Å². The third kappa shape index (κ3) is 8.12. The second-order valence-corrected chi connectivity index (χ2v) is 15.1. The van der Waals surface area contributed by atoms with Crippen molar-refractivity contribution in [1.82, 2.24) is 0 Å². The summed E-state index contributed by atoms with van der Waals surface area (Å²) in [6, 6.07) is 0.159. The normalized spacial score (nSPS) is 44.8. The predicted molar refractivity (Wildman–Crippen MR) is 171 cm³/mol. The van der Waals surface area contributed by atoms with Gasteiger partial charge in [0.05, 0.1) is 63.2 Å². The molecule has 282 valence electrons. The number of likely N-dealkylation sites (N-methyl/N-ethyl adjacent to an activating group) is 1. The number of nitrogens with zero attached hydrogens (tertiary/aromatic N) is 2. The van der Waals surface area contributed by atoms with Crippen LogP contribution in [-0.2, 0) is 23.7 Å². The highest BCUT2D eigenvalue weighted by Crippen LogP contribution is 2.45. The number of aliphatic hydroxyl groups excluding tert-OH is 4. The molecule has 0 spiro atoms. The van der Waals surface area contributed by atoms with Crippen molar-refractivity contribution >= 4 is 12.2 Å². The van der Waals surface area contributed by atoms with Gasteiger partial charge in [-0.1, -0.05) is 11.4 Å². The van der Waals surface area contributed by atoms with Gasteiger partial charge in [0.25, 0.3) is 0 Å². The Morgan fingerprint density at radius 3 is 2.50 bits per heavy atom. The summed E-state index contributed by atoms with van der Waals surface area (Å²) >= 11 is 0. The molecule has 0 radical (unpaired) electrons. The highest BCUT2D eigenvalue weighted by atomic mass is 16.7. The van der Waals surface area contributed by atoms with Gasteiger partial charge in [-0.05, 0) is 38.5 Å². The molecule has 9 N–H and O–H groups in total. The summed E-state index contributed by atoms with van der Waals surface area (Å²) in [6.07, 6.45) is -5.33. The van der Waals surface area contributed by atoms with Gasteiger partial charge in [0.15, 0.2) is 35.9 Å². The molecule has 16 nitrogen and oxygen atoms in total. The van der Waals surface area contributed by atoms with Crippen molar-refractivity contribution in [2.24, 2.45) is 16.8 Å². The molecule has 3 aliphatic carbocycles. The smallest absolute Gasteiger partial charge is 0.301 e. The summed E-state index contributed by atoms with van der Waals surface area (Å²) in [5.74, 6) is -3.92. The summed E-state index contributed by atoms with van der Waals surface area (Å²) in [4.78, 5) is 16.1. The van der Waals surface area contributed by atoms with E-state index in [-0.39, 0.29) is 30.6 Å². The van der Waals surface area contributed by atoms with Crippen molar-refractivity contribution in [3.63, 3.8) is 0 Å². The molecule has 3 aliphatic heterocycles. The number of carboxylic acids is 1. The maximum Gasteiger partial charge on any atom is 0.301 e. The van der Waals surface area contributed by atoms with E-state index in [2.05, 4.69) is 15.6 Å². The molecule has 12 atom stereocenters. The van der Waals surface area contributed by atoms with Crippen LogP contribution in [0.1, 0.15) is 77.0 Å². The van der Waals surface area contributed by atoms with Crippen LogP contribution in [0.5, 0.6) is 0 Å². The Balaban J connectivity index is 1.19. The number of rotatable bonds is 12. The molecule has 6 rings (SSSR count). The molecule has 0 aromatic rings. The van der Waals surface area contributed by atoms with Crippen molar-refractivity contribution in [1.29, 1.82) is 0 Å². The molecule has 0 amide bonds. The molecule has 16 heteroatoms. The third-order valence-electron chi connectivity index (χ3n) is 11.7. The van der Waals surface area contributed by atoms with Crippen LogP contribution in [0.25, 0.3) is 5.32 Å². The molecular weight excluding hydrogens is 658 g/mol. The SMILES string of the molecule is C[NH2+]CCOC1CCC(C2CC(O)C3C(CC(O[C@H]4O[C@H](C(=O)[O-])[C@](O)(C[C+]5C=N[CH+][N-]5)[C@@H](O)[C@H]4O)C(OC4(O)CCCCC4)C3O)[OH+]2)CC1. The molecule has 5 fully saturated rings. The van der Waals surface area contributed by atoms with Gasteiger partial charge >= 0.3 is 6.21 Å². The van der Waals surface area contributed by atoms with Gasteiger partial charge in [0.2, 0.25) is 0 Å². The lowest BCUT2D eigenvalue weighted by Gasteiger charge is -2.52. The molecule has 6 aliphatic rings. The molecule has 3 saturated carbocycles. The van der Waals surface area contributed by atoms with E-state index < -0.39 is 84.8 Å².